The molecule has 2 heterocycles. The molecule has 1 aromatic heterocycles. The Labute approximate surface area is 131 Å². The summed E-state index contributed by atoms with van der Waals surface area (Å²) in [5.41, 5.74) is 0. The molecule has 0 amide bonds. The maximum Gasteiger partial charge on any atom is 0.244 e. The standard InChI is InChI=1S/C13H21ClN4O2S/c1-15-13-12(14)8-11(9-16-13)21(19,20)18(3)10-4-6-17(2)7-5-10/h8-10H,4-7H2,1-3H3,(H,15,16). The lowest BCUT2D eigenvalue weighted by Crippen LogP contribution is -2.44. The first-order chi connectivity index (χ1) is 9.86. The molecular formula is C13H21ClN4O2S. The van der Waals surface area contributed by atoms with Crippen molar-refractivity contribution in [2.45, 2.75) is 23.8 Å². The van der Waals surface area contributed by atoms with Crippen molar-refractivity contribution in [1.29, 1.82) is 0 Å². The van der Waals surface area contributed by atoms with Crippen LogP contribution in [-0.2, 0) is 10.0 Å². The largest absolute Gasteiger partial charge is 0.372 e. The molecule has 0 unspecified atom stereocenters. The van der Waals surface area contributed by atoms with Gasteiger partial charge in [-0.25, -0.2) is 13.4 Å². The normalized spacial score (nSPS) is 18.1. The molecule has 1 N–H and O–H groups in total. The van der Waals surface area contributed by atoms with Crippen molar-refractivity contribution >= 4 is 27.4 Å². The van der Waals surface area contributed by atoms with E-state index in [4.69, 9.17) is 11.6 Å². The second-order valence-electron chi connectivity index (χ2n) is 5.31. The number of nitrogens with one attached hydrogen (secondary N) is 1. The predicted molar refractivity (Wildman–Crippen MR) is 84.3 cm³/mol. The van der Waals surface area contributed by atoms with Crippen LogP contribution in [0.5, 0.6) is 0 Å². The first-order valence-corrected chi connectivity index (χ1v) is 8.68. The Morgan fingerprint density at radius 1 is 1.43 bits per heavy atom. The van der Waals surface area contributed by atoms with Crippen molar-refractivity contribution in [2.24, 2.45) is 0 Å². The third kappa shape index (κ3) is 3.48. The summed E-state index contributed by atoms with van der Waals surface area (Å²) in [6.07, 6.45) is 3.02. The first kappa shape index (κ1) is 16.5. The van der Waals surface area contributed by atoms with Gasteiger partial charge in [-0.2, -0.15) is 4.31 Å². The van der Waals surface area contributed by atoms with Crippen LogP contribution in [0.2, 0.25) is 5.02 Å². The summed E-state index contributed by atoms with van der Waals surface area (Å²) >= 11 is 6.03. The van der Waals surface area contributed by atoms with Gasteiger partial charge in [-0.3, -0.25) is 0 Å². The van der Waals surface area contributed by atoms with Gasteiger partial charge in [0.15, 0.2) is 0 Å². The number of rotatable bonds is 4. The van der Waals surface area contributed by atoms with E-state index in [9.17, 15) is 8.42 Å². The molecule has 6 nitrogen and oxygen atoms in total. The van der Waals surface area contributed by atoms with Crippen molar-refractivity contribution in [3.05, 3.63) is 17.3 Å². The minimum absolute atomic E-state index is 0.0222. The molecule has 21 heavy (non-hydrogen) atoms. The molecule has 8 heteroatoms. The average molecular weight is 333 g/mol. The summed E-state index contributed by atoms with van der Waals surface area (Å²) in [4.78, 5) is 6.38. The fourth-order valence-corrected chi connectivity index (χ4v) is 4.18. The number of anilines is 1. The Balaban J connectivity index is 2.22. The first-order valence-electron chi connectivity index (χ1n) is 6.86. The van der Waals surface area contributed by atoms with Gasteiger partial charge in [0.1, 0.15) is 10.7 Å². The van der Waals surface area contributed by atoms with Crippen molar-refractivity contribution in [3.8, 4) is 0 Å². The van der Waals surface area contributed by atoms with Crippen LogP contribution in [0.3, 0.4) is 0 Å². The molecule has 0 radical (unpaired) electrons. The molecule has 1 aliphatic rings. The predicted octanol–water partition coefficient (Wildman–Crippen LogP) is 1.49. The van der Waals surface area contributed by atoms with E-state index in [0.717, 1.165) is 25.9 Å². The summed E-state index contributed by atoms with van der Waals surface area (Å²) in [5.74, 6) is 0.470. The van der Waals surface area contributed by atoms with Crippen LogP contribution in [0.1, 0.15) is 12.8 Å². The van der Waals surface area contributed by atoms with E-state index in [2.05, 4.69) is 15.2 Å². The molecule has 0 aliphatic carbocycles. The van der Waals surface area contributed by atoms with Gasteiger partial charge >= 0.3 is 0 Å². The van der Waals surface area contributed by atoms with Gasteiger partial charge in [-0.1, -0.05) is 11.6 Å². The lowest BCUT2D eigenvalue weighted by molar-refractivity contribution is 0.197. The lowest BCUT2D eigenvalue weighted by Gasteiger charge is -2.34. The van der Waals surface area contributed by atoms with E-state index in [0.29, 0.717) is 10.8 Å². The zero-order valence-electron chi connectivity index (χ0n) is 12.5. The lowest BCUT2D eigenvalue weighted by atomic mass is 10.1. The molecule has 118 valence electrons. The fourth-order valence-electron chi connectivity index (χ4n) is 2.47. The quantitative estimate of drug-likeness (QED) is 0.905. The zero-order valence-corrected chi connectivity index (χ0v) is 14.1. The third-order valence-corrected chi connectivity index (χ3v) is 6.10. The van der Waals surface area contributed by atoms with E-state index >= 15 is 0 Å². The zero-order chi connectivity index (χ0) is 15.6. The van der Waals surface area contributed by atoms with Crippen molar-refractivity contribution in [3.63, 3.8) is 0 Å². The van der Waals surface area contributed by atoms with Gasteiger partial charge in [0.2, 0.25) is 10.0 Å². The van der Waals surface area contributed by atoms with E-state index in [1.165, 1.54) is 16.6 Å². The number of sulfonamides is 1. The van der Waals surface area contributed by atoms with Gasteiger partial charge in [0.25, 0.3) is 0 Å². The molecule has 0 aromatic carbocycles. The second kappa shape index (κ2) is 6.48. The van der Waals surface area contributed by atoms with Crippen molar-refractivity contribution in [1.82, 2.24) is 14.2 Å². The monoisotopic (exact) mass is 332 g/mol. The van der Waals surface area contributed by atoms with Gasteiger partial charge in [0, 0.05) is 26.3 Å². The van der Waals surface area contributed by atoms with Crippen LogP contribution < -0.4 is 5.32 Å². The minimum Gasteiger partial charge on any atom is -0.372 e. The summed E-state index contributed by atoms with van der Waals surface area (Å²) < 4.78 is 26.8. The van der Waals surface area contributed by atoms with E-state index < -0.39 is 10.0 Å². The topological polar surface area (TPSA) is 65.5 Å². The van der Waals surface area contributed by atoms with Crippen molar-refractivity contribution in [2.75, 3.05) is 39.5 Å². The Morgan fingerprint density at radius 2 is 2.05 bits per heavy atom. The SMILES string of the molecule is CNc1ncc(S(=O)(=O)N(C)C2CCN(C)CC2)cc1Cl. The molecular weight excluding hydrogens is 312 g/mol. The molecule has 0 spiro atoms. The molecule has 1 aliphatic heterocycles. The number of nitrogens with zero attached hydrogens (tertiary/aromatic N) is 3. The van der Waals surface area contributed by atoms with E-state index in [1.54, 1.807) is 14.1 Å². The molecule has 0 atom stereocenters. The van der Waals surface area contributed by atoms with Crippen LogP contribution in [0.4, 0.5) is 5.82 Å². The van der Waals surface area contributed by atoms with Crippen molar-refractivity contribution < 1.29 is 8.42 Å². The Hall–Kier alpha value is -0.890. The molecule has 1 aromatic rings. The maximum atomic E-state index is 12.7. The van der Waals surface area contributed by atoms with Crippen LogP contribution in [0.25, 0.3) is 0 Å². The highest BCUT2D eigenvalue weighted by molar-refractivity contribution is 7.89. The van der Waals surface area contributed by atoms with Crippen LogP contribution >= 0.6 is 11.6 Å². The maximum absolute atomic E-state index is 12.7. The van der Waals surface area contributed by atoms with E-state index in [-0.39, 0.29) is 10.9 Å². The number of likely N-dealkylation sites (tertiary alicyclic amines) is 1. The van der Waals surface area contributed by atoms with Gasteiger partial charge < -0.3 is 10.2 Å². The van der Waals surface area contributed by atoms with Crippen LogP contribution in [0, 0.1) is 0 Å². The summed E-state index contributed by atoms with van der Waals surface area (Å²) in [7, 11) is 1.80. The molecule has 0 bridgehead atoms. The summed E-state index contributed by atoms with van der Waals surface area (Å²) in [5, 5.41) is 3.12. The second-order valence-corrected chi connectivity index (χ2v) is 7.71. The Bertz CT molecular complexity index is 600. The average Bonchev–Trinajstić information content (AvgIpc) is 2.47. The van der Waals surface area contributed by atoms with Gasteiger partial charge in [0.05, 0.1) is 5.02 Å². The third-order valence-electron chi connectivity index (χ3n) is 3.93. The van der Waals surface area contributed by atoms with Crippen LogP contribution in [0.15, 0.2) is 17.2 Å². The highest BCUT2D eigenvalue weighted by atomic mass is 35.5. The molecule has 1 fully saturated rings. The smallest absolute Gasteiger partial charge is 0.244 e. The number of aromatic nitrogens is 1. The number of piperidine rings is 1. The van der Waals surface area contributed by atoms with E-state index in [1.807, 2.05) is 7.05 Å². The summed E-state index contributed by atoms with van der Waals surface area (Å²) in [6, 6.07) is 1.47. The molecule has 1 saturated heterocycles. The Kier molecular flexibility index (Phi) is 5.08. The minimum atomic E-state index is -3.56. The molecule has 2 rings (SSSR count). The number of hydrogen-bond donors (Lipinski definition) is 1. The molecule has 0 saturated carbocycles. The number of hydrogen-bond acceptors (Lipinski definition) is 5. The van der Waals surface area contributed by atoms with Crippen LogP contribution in [-0.4, -0.2) is 62.9 Å². The van der Waals surface area contributed by atoms with Gasteiger partial charge in [-0.05, 0) is 39.0 Å². The highest BCUT2D eigenvalue weighted by Gasteiger charge is 2.30. The van der Waals surface area contributed by atoms with Gasteiger partial charge in [-0.15, -0.1) is 0 Å². The highest BCUT2D eigenvalue weighted by Crippen LogP contribution is 2.26. The fraction of sp³-hybridized carbons (Fsp3) is 0.615. The summed E-state index contributed by atoms with van der Waals surface area (Å²) in [6.45, 7) is 1.81. The Morgan fingerprint density at radius 3 is 2.57 bits per heavy atom. The number of halogens is 1. The number of pyridine rings is 1.